The molecule has 0 fully saturated rings. The van der Waals surface area contributed by atoms with Crippen molar-refractivity contribution in [1.82, 2.24) is 14.8 Å². The lowest BCUT2D eigenvalue weighted by molar-refractivity contribution is 0.102. The number of para-hydroxylation sites is 1. The molecule has 0 saturated carbocycles. The molecule has 2 aromatic heterocycles. The van der Waals surface area contributed by atoms with Gasteiger partial charge in [0.2, 0.25) is 0 Å². The summed E-state index contributed by atoms with van der Waals surface area (Å²) < 4.78 is 1.90. The third-order valence-electron chi connectivity index (χ3n) is 4.55. The first-order valence-electron chi connectivity index (χ1n) is 9.16. The number of hydrogen-bond acceptors (Lipinski definition) is 3. The average Bonchev–Trinajstić information content (AvgIpc) is 2.97. The van der Waals surface area contributed by atoms with Gasteiger partial charge in [-0.15, -0.1) is 0 Å². The van der Waals surface area contributed by atoms with E-state index in [1.807, 2.05) is 35.0 Å². The molecule has 5 heteroatoms. The van der Waals surface area contributed by atoms with Gasteiger partial charge >= 0.3 is 0 Å². The summed E-state index contributed by atoms with van der Waals surface area (Å²) in [5.41, 5.74) is 3.50. The van der Waals surface area contributed by atoms with Crippen molar-refractivity contribution in [3.63, 3.8) is 0 Å². The zero-order valence-electron chi connectivity index (χ0n) is 15.7. The SMILES string of the molecule is Cc1cccc2cc3c(NC(=O)c4ccccc4)nn(CC(C)C)c3nc12. The van der Waals surface area contributed by atoms with Crippen LogP contribution in [0.2, 0.25) is 0 Å². The van der Waals surface area contributed by atoms with E-state index in [-0.39, 0.29) is 5.91 Å². The predicted molar refractivity (Wildman–Crippen MR) is 109 cm³/mol. The van der Waals surface area contributed by atoms with Crippen LogP contribution in [-0.4, -0.2) is 20.7 Å². The molecule has 4 rings (SSSR count). The molecule has 0 radical (unpaired) electrons. The van der Waals surface area contributed by atoms with Crippen molar-refractivity contribution in [2.24, 2.45) is 5.92 Å². The highest BCUT2D eigenvalue weighted by Crippen LogP contribution is 2.28. The lowest BCUT2D eigenvalue weighted by atomic mass is 10.1. The molecule has 1 amide bonds. The Bertz CT molecular complexity index is 1130. The quantitative estimate of drug-likeness (QED) is 0.570. The van der Waals surface area contributed by atoms with Crippen LogP contribution in [0.25, 0.3) is 21.9 Å². The molecule has 2 heterocycles. The van der Waals surface area contributed by atoms with Gasteiger partial charge in [-0.1, -0.05) is 50.2 Å². The fourth-order valence-corrected chi connectivity index (χ4v) is 3.26. The van der Waals surface area contributed by atoms with Crippen LogP contribution < -0.4 is 5.32 Å². The van der Waals surface area contributed by atoms with E-state index in [0.717, 1.165) is 34.0 Å². The van der Waals surface area contributed by atoms with Crippen molar-refractivity contribution in [3.05, 3.63) is 65.7 Å². The number of nitrogens with one attached hydrogen (secondary N) is 1. The maximum atomic E-state index is 12.6. The van der Waals surface area contributed by atoms with Gasteiger partial charge in [-0.25, -0.2) is 9.67 Å². The van der Waals surface area contributed by atoms with E-state index in [9.17, 15) is 4.79 Å². The van der Waals surface area contributed by atoms with Crippen molar-refractivity contribution in [2.75, 3.05) is 5.32 Å². The van der Waals surface area contributed by atoms with Gasteiger partial charge in [-0.05, 0) is 36.6 Å². The number of amides is 1. The van der Waals surface area contributed by atoms with E-state index < -0.39 is 0 Å². The number of benzene rings is 2. The van der Waals surface area contributed by atoms with Gasteiger partial charge in [0.25, 0.3) is 5.91 Å². The highest BCUT2D eigenvalue weighted by molar-refractivity contribution is 6.09. The molecule has 0 bridgehead atoms. The standard InChI is InChI=1S/C22H22N4O/c1-14(2)13-26-21-18(12-17-11-7-8-15(3)19(17)23-21)20(25-26)24-22(27)16-9-5-4-6-10-16/h4-12,14H,13H2,1-3H3,(H,24,25,27). The Morgan fingerprint density at radius 2 is 1.89 bits per heavy atom. The molecule has 0 aliphatic heterocycles. The largest absolute Gasteiger partial charge is 0.305 e. The molecule has 2 aromatic carbocycles. The Morgan fingerprint density at radius 1 is 1.11 bits per heavy atom. The number of rotatable bonds is 4. The third kappa shape index (κ3) is 3.28. The zero-order valence-corrected chi connectivity index (χ0v) is 15.7. The summed E-state index contributed by atoms with van der Waals surface area (Å²) in [5, 5.41) is 9.54. The normalized spacial score (nSPS) is 11.4. The Kier molecular flexibility index (Phi) is 4.36. The summed E-state index contributed by atoms with van der Waals surface area (Å²) in [6.07, 6.45) is 0. The average molecular weight is 358 g/mol. The lowest BCUT2D eigenvalue weighted by Crippen LogP contribution is -2.13. The van der Waals surface area contributed by atoms with Gasteiger partial charge in [-0.2, -0.15) is 5.10 Å². The van der Waals surface area contributed by atoms with Crippen LogP contribution in [0.5, 0.6) is 0 Å². The van der Waals surface area contributed by atoms with Crippen LogP contribution in [0.3, 0.4) is 0 Å². The van der Waals surface area contributed by atoms with Crippen LogP contribution in [0.15, 0.2) is 54.6 Å². The predicted octanol–water partition coefficient (Wildman–Crippen LogP) is 4.80. The number of aromatic nitrogens is 3. The molecular weight excluding hydrogens is 336 g/mol. The molecule has 27 heavy (non-hydrogen) atoms. The summed E-state index contributed by atoms with van der Waals surface area (Å²) >= 11 is 0. The van der Waals surface area contributed by atoms with E-state index in [0.29, 0.717) is 17.3 Å². The Balaban J connectivity index is 1.85. The first kappa shape index (κ1) is 17.2. The molecule has 0 spiro atoms. The number of carbonyl (C=O) groups excluding carboxylic acids is 1. The Hall–Kier alpha value is -3.21. The Morgan fingerprint density at radius 3 is 2.63 bits per heavy atom. The first-order chi connectivity index (χ1) is 13.0. The fraction of sp³-hybridized carbons (Fsp3) is 0.227. The second-order valence-electron chi connectivity index (χ2n) is 7.25. The molecule has 0 unspecified atom stereocenters. The van der Waals surface area contributed by atoms with Crippen LogP contribution in [0.4, 0.5) is 5.82 Å². The third-order valence-corrected chi connectivity index (χ3v) is 4.55. The minimum atomic E-state index is -0.170. The smallest absolute Gasteiger partial charge is 0.256 e. The van der Waals surface area contributed by atoms with Crippen molar-refractivity contribution >= 4 is 33.7 Å². The van der Waals surface area contributed by atoms with Gasteiger partial charge < -0.3 is 5.32 Å². The fourth-order valence-electron chi connectivity index (χ4n) is 3.26. The summed E-state index contributed by atoms with van der Waals surface area (Å²) in [5.74, 6) is 0.798. The zero-order chi connectivity index (χ0) is 19.0. The second-order valence-corrected chi connectivity index (χ2v) is 7.25. The van der Waals surface area contributed by atoms with Crippen molar-refractivity contribution in [2.45, 2.75) is 27.3 Å². The molecular formula is C22H22N4O. The minimum absolute atomic E-state index is 0.170. The maximum absolute atomic E-state index is 12.6. The van der Waals surface area contributed by atoms with E-state index in [1.54, 1.807) is 12.1 Å². The number of hydrogen-bond donors (Lipinski definition) is 1. The number of pyridine rings is 1. The first-order valence-corrected chi connectivity index (χ1v) is 9.16. The maximum Gasteiger partial charge on any atom is 0.256 e. The molecule has 1 N–H and O–H groups in total. The molecule has 0 aliphatic rings. The monoisotopic (exact) mass is 358 g/mol. The molecule has 0 saturated heterocycles. The van der Waals surface area contributed by atoms with Gasteiger partial charge in [0.1, 0.15) is 0 Å². The summed E-state index contributed by atoms with van der Waals surface area (Å²) in [6.45, 7) is 7.08. The highest BCUT2D eigenvalue weighted by Gasteiger charge is 2.17. The van der Waals surface area contributed by atoms with Gasteiger partial charge in [0, 0.05) is 17.5 Å². The Labute approximate surface area is 158 Å². The molecule has 136 valence electrons. The van der Waals surface area contributed by atoms with Gasteiger partial charge in [0.15, 0.2) is 11.5 Å². The van der Waals surface area contributed by atoms with E-state index in [4.69, 9.17) is 4.98 Å². The topological polar surface area (TPSA) is 59.8 Å². The number of aryl methyl sites for hydroxylation is 1. The van der Waals surface area contributed by atoms with E-state index in [2.05, 4.69) is 43.3 Å². The summed E-state index contributed by atoms with van der Waals surface area (Å²) in [7, 11) is 0. The number of anilines is 1. The summed E-state index contributed by atoms with van der Waals surface area (Å²) in [6, 6.07) is 17.4. The molecule has 5 nitrogen and oxygen atoms in total. The number of fused-ring (bicyclic) bond motifs is 2. The van der Waals surface area contributed by atoms with Crippen molar-refractivity contribution in [1.29, 1.82) is 0 Å². The molecule has 0 atom stereocenters. The van der Waals surface area contributed by atoms with Crippen LogP contribution in [0, 0.1) is 12.8 Å². The van der Waals surface area contributed by atoms with Gasteiger partial charge in [0.05, 0.1) is 10.9 Å². The van der Waals surface area contributed by atoms with E-state index in [1.165, 1.54) is 0 Å². The highest BCUT2D eigenvalue weighted by atomic mass is 16.1. The van der Waals surface area contributed by atoms with Crippen LogP contribution >= 0.6 is 0 Å². The number of nitrogens with zero attached hydrogens (tertiary/aromatic N) is 3. The van der Waals surface area contributed by atoms with Crippen molar-refractivity contribution in [3.8, 4) is 0 Å². The minimum Gasteiger partial charge on any atom is -0.305 e. The summed E-state index contributed by atoms with van der Waals surface area (Å²) in [4.78, 5) is 17.5. The molecule has 4 aromatic rings. The molecule has 0 aliphatic carbocycles. The van der Waals surface area contributed by atoms with Crippen molar-refractivity contribution < 1.29 is 4.79 Å². The van der Waals surface area contributed by atoms with Crippen LogP contribution in [0.1, 0.15) is 29.8 Å². The lowest BCUT2D eigenvalue weighted by Gasteiger charge is -2.06. The number of carbonyl (C=O) groups is 1. The van der Waals surface area contributed by atoms with Crippen LogP contribution in [-0.2, 0) is 6.54 Å². The van der Waals surface area contributed by atoms with E-state index >= 15 is 0 Å². The van der Waals surface area contributed by atoms with Gasteiger partial charge in [-0.3, -0.25) is 4.79 Å². The second kappa shape index (κ2) is 6.83.